The molecule has 10 heteroatoms. The quantitative estimate of drug-likeness (QED) is 0.378. The van der Waals surface area contributed by atoms with Gasteiger partial charge in [0.25, 0.3) is 0 Å². The van der Waals surface area contributed by atoms with Crippen LogP contribution in [0.15, 0.2) is 66.9 Å². The van der Waals surface area contributed by atoms with E-state index in [0.29, 0.717) is 23.6 Å². The van der Waals surface area contributed by atoms with E-state index in [0.717, 1.165) is 28.6 Å². The first-order valence-electron chi connectivity index (χ1n) is 9.97. The molecule has 2 amide bonds. The Bertz CT molecular complexity index is 1280. The average Bonchev–Trinajstić information content (AvgIpc) is 3.12. The summed E-state index contributed by atoms with van der Waals surface area (Å²) in [6, 6.07) is 14.6. The minimum absolute atomic E-state index is 0.0654. The molecule has 2 aromatic heterocycles. The molecule has 0 bridgehead atoms. The van der Waals surface area contributed by atoms with E-state index in [9.17, 15) is 13.6 Å². The van der Waals surface area contributed by atoms with Gasteiger partial charge in [-0.25, -0.2) is 18.3 Å². The Morgan fingerprint density at radius 1 is 1.09 bits per heavy atom. The van der Waals surface area contributed by atoms with Crippen LogP contribution in [-0.4, -0.2) is 27.3 Å². The number of nitrogen functional groups attached to an aromatic ring is 1. The van der Waals surface area contributed by atoms with Gasteiger partial charge in [0.2, 0.25) is 0 Å². The second-order valence-corrected chi connectivity index (χ2v) is 7.51. The fourth-order valence-corrected chi connectivity index (χ4v) is 3.33. The van der Waals surface area contributed by atoms with Crippen molar-refractivity contribution in [2.75, 3.05) is 17.6 Å². The normalized spacial score (nSPS) is 10.8. The van der Waals surface area contributed by atoms with E-state index in [1.807, 2.05) is 18.2 Å². The van der Waals surface area contributed by atoms with Gasteiger partial charge in [0.15, 0.2) is 5.82 Å². The summed E-state index contributed by atoms with van der Waals surface area (Å²) in [4.78, 5) is 16.8. The fourth-order valence-electron chi connectivity index (χ4n) is 3.20. The molecular formula is C23H19ClF2N6O. The first-order valence-corrected chi connectivity index (χ1v) is 10.3. The number of halogens is 3. The minimum atomic E-state index is -0.723. The molecule has 2 aromatic carbocycles. The number of nitrogens with two attached hydrogens (primary N) is 1. The van der Waals surface area contributed by atoms with Crippen LogP contribution < -0.4 is 16.4 Å². The average molecular weight is 469 g/mol. The maximum atomic E-state index is 14.4. The van der Waals surface area contributed by atoms with Gasteiger partial charge < -0.3 is 16.4 Å². The van der Waals surface area contributed by atoms with Crippen LogP contribution in [0.3, 0.4) is 0 Å². The maximum Gasteiger partial charge on any atom is 0.319 e. The molecule has 0 unspecified atom stereocenters. The van der Waals surface area contributed by atoms with E-state index in [-0.39, 0.29) is 22.9 Å². The summed E-state index contributed by atoms with van der Waals surface area (Å²) >= 11 is 5.98. The summed E-state index contributed by atoms with van der Waals surface area (Å²) in [7, 11) is 0. The molecular weight excluding hydrogens is 450 g/mol. The molecule has 4 aromatic rings. The molecule has 0 saturated heterocycles. The van der Waals surface area contributed by atoms with Crippen molar-refractivity contribution in [1.82, 2.24) is 20.1 Å². The summed E-state index contributed by atoms with van der Waals surface area (Å²) in [5, 5.41) is 10.3. The lowest BCUT2D eigenvalue weighted by molar-refractivity contribution is 0.252. The number of nitrogens with zero attached hydrogens (tertiary/aromatic N) is 3. The van der Waals surface area contributed by atoms with Crippen molar-refractivity contribution in [3.63, 3.8) is 0 Å². The Morgan fingerprint density at radius 2 is 1.88 bits per heavy atom. The molecule has 2 heterocycles. The van der Waals surface area contributed by atoms with Crippen LogP contribution in [0.4, 0.5) is 25.1 Å². The second-order valence-electron chi connectivity index (χ2n) is 7.08. The number of aromatic nitrogens is 3. The SMILES string of the molecule is Nc1c(NC(=O)NCCc2ccccn2)c(-c2ccc(Cl)cc2)nn1-c1cc(F)ccc1F. The number of hydrogen-bond donors (Lipinski definition) is 3. The van der Waals surface area contributed by atoms with Crippen LogP contribution in [0.2, 0.25) is 5.02 Å². The molecule has 0 aliphatic carbocycles. The van der Waals surface area contributed by atoms with Crippen LogP contribution in [0.5, 0.6) is 0 Å². The first kappa shape index (κ1) is 22.2. The predicted octanol–water partition coefficient (Wildman–Crippen LogP) is 4.81. The molecule has 0 radical (unpaired) electrons. The van der Waals surface area contributed by atoms with E-state index in [1.54, 1.807) is 30.5 Å². The Morgan fingerprint density at radius 3 is 2.61 bits per heavy atom. The van der Waals surface area contributed by atoms with Gasteiger partial charge in [-0.1, -0.05) is 29.8 Å². The Kier molecular flexibility index (Phi) is 6.50. The molecule has 168 valence electrons. The zero-order valence-corrected chi connectivity index (χ0v) is 18.0. The molecule has 0 spiro atoms. The zero-order chi connectivity index (χ0) is 23.4. The summed E-state index contributed by atoms with van der Waals surface area (Å²) in [5.41, 5.74) is 7.86. The van der Waals surface area contributed by atoms with Gasteiger partial charge in [0.05, 0.1) is 0 Å². The Labute approximate surface area is 193 Å². The Hall–Kier alpha value is -3.98. The number of benzene rings is 2. The molecule has 0 saturated carbocycles. The molecule has 7 nitrogen and oxygen atoms in total. The summed E-state index contributed by atoms with van der Waals surface area (Å²) in [6.07, 6.45) is 2.20. The van der Waals surface area contributed by atoms with Gasteiger partial charge in [0.1, 0.15) is 28.7 Å². The predicted molar refractivity (Wildman–Crippen MR) is 123 cm³/mol. The van der Waals surface area contributed by atoms with Crippen molar-refractivity contribution >= 4 is 29.1 Å². The van der Waals surface area contributed by atoms with E-state index < -0.39 is 17.7 Å². The smallest absolute Gasteiger partial charge is 0.319 e. The van der Waals surface area contributed by atoms with E-state index in [2.05, 4.69) is 20.7 Å². The van der Waals surface area contributed by atoms with Gasteiger partial charge in [-0.3, -0.25) is 4.98 Å². The second kappa shape index (κ2) is 9.66. The van der Waals surface area contributed by atoms with E-state index >= 15 is 0 Å². The van der Waals surface area contributed by atoms with Gasteiger partial charge >= 0.3 is 6.03 Å². The van der Waals surface area contributed by atoms with Crippen LogP contribution >= 0.6 is 11.6 Å². The number of amides is 2. The maximum absolute atomic E-state index is 14.4. The number of nitrogens with one attached hydrogen (secondary N) is 2. The van der Waals surface area contributed by atoms with E-state index in [1.165, 1.54) is 0 Å². The highest BCUT2D eigenvalue weighted by molar-refractivity contribution is 6.30. The van der Waals surface area contributed by atoms with Crippen molar-refractivity contribution in [2.45, 2.75) is 6.42 Å². The highest BCUT2D eigenvalue weighted by Crippen LogP contribution is 2.35. The highest BCUT2D eigenvalue weighted by Gasteiger charge is 2.22. The third kappa shape index (κ3) is 5.09. The lowest BCUT2D eigenvalue weighted by atomic mass is 10.1. The van der Waals surface area contributed by atoms with Gasteiger partial charge in [-0.15, -0.1) is 0 Å². The molecule has 4 N–H and O–H groups in total. The highest BCUT2D eigenvalue weighted by atomic mass is 35.5. The van der Waals surface area contributed by atoms with Crippen LogP contribution in [0.25, 0.3) is 16.9 Å². The zero-order valence-electron chi connectivity index (χ0n) is 17.2. The molecule has 0 fully saturated rings. The molecule has 0 aliphatic rings. The Balaban J connectivity index is 1.63. The van der Waals surface area contributed by atoms with Crippen LogP contribution in [-0.2, 0) is 6.42 Å². The molecule has 4 rings (SSSR count). The van der Waals surface area contributed by atoms with Crippen molar-refractivity contribution < 1.29 is 13.6 Å². The van der Waals surface area contributed by atoms with Crippen molar-refractivity contribution in [3.05, 3.63) is 89.2 Å². The first-order chi connectivity index (χ1) is 15.9. The summed E-state index contributed by atoms with van der Waals surface area (Å²) in [6.45, 7) is 0.325. The lowest BCUT2D eigenvalue weighted by Gasteiger charge is -2.09. The third-order valence-corrected chi connectivity index (χ3v) is 5.06. The number of pyridine rings is 1. The van der Waals surface area contributed by atoms with Crippen LogP contribution in [0, 0.1) is 11.6 Å². The molecule has 33 heavy (non-hydrogen) atoms. The van der Waals surface area contributed by atoms with Gasteiger partial charge in [-0.2, -0.15) is 5.10 Å². The van der Waals surface area contributed by atoms with Crippen LogP contribution in [0.1, 0.15) is 5.69 Å². The number of anilines is 2. The summed E-state index contributed by atoms with van der Waals surface area (Å²) in [5.74, 6) is -1.44. The number of carbonyl (C=O) groups is 1. The van der Waals surface area contributed by atoms with Crippen molar-refractivity contribution in [1.29, 1.82) is 0 Å². The van der Waals surface area contributed by atoms with Crippen molar-refractivity contribution in [2.24, 2.45) is 0 Å². The van der Waals surface area contributed by atoms with Crippen molar-refractivity contribution in [3.8, 4) is 16.9 Å². The molecule has 0 aliphatic heterocycles. The third-order valence-electron chi connectivity index (χ3n) is 4.81. The fraction of sp³-hybridized carbons (Fsp3) is 0.0870. The standard InChI is InChI=1S/C23H19ClF2N6O/c24-15-6-4-14(5-7-15)20-21(30-23(33)29-12-10-17-3-1-2-11-28-17)22(27)32(31-20)19-13-16(25)8-9-18(19)26/h1-9,11,13H,10,12,27H2,(H2,29,30,33). The van der Waals surface area contributed by atoms with Gasteiger partial charge in [0, 0.05) is 41.5 Å². The number of rotatable bonds is 6. The number of carbonyl (C=O) groups excluding carboxylic acids is 1. The largest absolute Gasteiger partial charge is 0.382 e. The number of urea groups is 1. The molecule has 0 atom stereocenters. The number of hydrogen-bond acceptors (Lipinski definition) is 4. The van der Waals surface area contributed by atoms with Gasteiger partial charge in [-0.05, 0) is 36.4 Å². The lowest BCUT2D eigenvalue weighted by Crippen LogP contribution is -2.31. The minimum Gasteiger partial charge on any atom is -0.382 e. The van der Waals surface area contributed by atoms with E-state index in [4.69, 9.17) is 17.3 Å². The summed E-state index contributed by atoms with van der Waals surface area (Å²) < 4.78 is 29.2. The monoisotopic (exact) mass is 468 g/mol. The topological polar surface area (TPSA) is 97.9 Å².